The topological polar surface area (TPSA) is 58.2 Å². The van der Waals surface area contributed by atoms with Crippen molar-refractivity contribution < 1.29 is 9.59 Å². The zero-order valence-electron chi connectivity index (χ0n) is 15.7. The van der Waals surface area contributed by atoms with Crippen molar-refractivity contribution in [3.8, 4) is 0 Å². The second-order valence-electron chi connectivity index (χ2n) is 6.70. The number of ketones is 2. The van der Waals surface area contributed by atoms with Gasteiger partial charge in [0.25, 0.3) is 0 Å². The Labute approximate surface area is 163 Å². The van der Waals surface area contributed by atoms with Crippen LogP contribution < -0.4 is 10.6 Å². The Morgan fingerprint density at radius 2 is 1.29 bits per heavy atom. The number of carbonyl (C=O) groups is 2. The molecule has 0 saturated carbocycles. The summed E-state index contributed by atoms with van der Waals surface area (Å²) in [6.45, 7) is 3.84. The van der Waals surface area contributed by atoms with Crippen molar-refractivity contribution in [3.05, 3.63) is 101 Å². The van der Waals surface area contributed by atoms with Crippen molar-refractivity contribution in [1.82, 2.24) is 0 Å². The van der Waals surface area contributed by atoms with Gasteiger partial charge < -0.3 is 10.6 Å². The summed E-state index contributed by atoms with van der Waals surface area (Å²) in [5, 5.41) is 6.55. The number of rotatable bonds is 4. The monoisotopic (exact) mass is 368 g/mol. The molecule has 2 N–H and O–H groups in total. The molecule has 0 radical (unpaired) electrons. The van der Waals surface area contributed by atoms with Crippen LogP contribution in [0, 0.1) is 0 Å². The Balaban J connectivity index is 1.92. The van der Waals surface area contributed by atoms with E-state index in [0.717, 1.165) is 11.4 Å². The molecule has 0 saturated heterocycles. The Morgan fingerprint density at radius 1 is 0.750 bits per heavy atom. The third-order valence-electron chi connectivity index (χ3n) is 4.89. The number of carbonyl (C=O) groups excluding carboxylic acids is 2. The van der Waals surface area contributed by atoms with E-state index in [9.17, 15) is 9.59 Å². The first kappa shape index (κ1) is 17.7. The largest absolute Gasteiger partial charge is 0.359 e. The van der Waals surface area contributed by atoms with Crippen LogP contribution in [-0.2, 0) is 0 Å². The van der Waals surface area contributed by atoms with Gasteiger partial charge in [0.15, 0.2) is 11.6 Å². The zero-order valence-corrected chi connectivity index (χ0v) is 15.7. The molecule has 0 aromatic heterocycles. The molecule has 0 fully saturated rings. The van der Waals surface area contributed by atoms with Gasteiger partial charge >= 0.3 is 0 Å². The molecule has 4 nitrogen and oxygen atoms in total. The molecule has 1 aliphatic rings. The van der Waals surface area contributed by atoms with E-state index in [1.54, 1.807) is 24.3 Å². The van der Waals surface area contributed by atoms with Crippen LogP contribution in [0.5, 0.6) is 0 Å². The van der Waals surface area contributed by atoms with Crippen LogP contribution >= 0.6 is 0 Å². The van der Waals surface area contributed by atoms with E-state index < -0.39 is 0 Å². The third kappa shape index (κ3) is 2.99. The molecule has 0 amide bonds. The fourth-order valence-electron chi connectivity index (χ4n) is 3.39. The van der Waals surface area contributed by atoms with E-state index in [0.29, 0.717) is 33.6 Å². The Bertz CT molecular complexity index is 1110. The van der Waals surface area contributed by atoms with Crippen LogP contribution in [0.3, 0.4) is 0 Å². The Kier molecular flexibility index (Phi) is 4.53. The molecule has 0 spiro atoms. The minimum atomic E-state index is -0.148. The smallest absolute Gasteiger partial charge is 0.196 e. The maximum Gasteiger partial charge on any atom is 0.196 e. The van der Waals surface area contributed by atoms with Gasteiger partial charge in [-0.05, 0) is 38.1 Å². The molecule has 4 rings (SSSR count). The van der Waals surface area contributed by atoms with Crippen molar-refractivity contribution in [2.75, 3.05) is 10.6 Å². The summed E-state index contributed by atoms with van der Waals surface area (Å²) >= 11 is 0. The number of nitrogens with one attached hydrogen (secondary N) is 2. The van der Waals surface area contributed by atoms with E-state index in [1.807, 2.05) is 62.4 Å². The number of para-hydroxylation sites is 1. The average Bonchev–Trinajstić information content (AvgIpc) is 2.73. The Morgan fingerprint density at radius 3 is 1.89 bits per heavy atom. The second kappa shape index (κ2) is 7.16. The fraction of sp³-hybridized carbons (Fsp3) is 0.0833. The molecule has 0 atom stereocenters. The highest BCUT2D eigenvalue weighted by Crippen LogP contribution is 2.37. The first-order valence-corrected chi connectivity index (χ1v) is 9.17. The number of benzene rings is 3. The maximum absolute atomic E-state index is 13.3. The number of fused-ring (bicyclic) bond motifs is 2. The first-order chi connectivity index (χ1) is 13.6. The summed E-state index contributed by atoms with van der Waals surface area (Å²) in [5.41, 5.74) is 4.72. The number of allylic oxidation sites excluding steroid dienone is 2. The quantitative estimate of drug-likeness (QED) is 0.496. The lowest BCUT2D eigenvalue weighted by molar-refractivity contribution is 0.0980. The lowest BCUT2D eigenvalue weighted by Gasteiger charge is -2.24. The lowest BCUT2D eigenvalue weighted by Crippen LogP contribution is -2.23. The highest BCUT2D eigenvalue weighted by molar-refractivity contribution is 6.32. The molecule has 3 aromatic carbocycles. The summed E-state index contributed by atoms with van der Waals surface area (Å²) in [6.07, 6.45) is 1.92. The number of hydrogen-bond acceptors (Lipinski definition) is 4. The summed E-state index contributed by atoms with van der Waals surface area (Å²) in [7, 11) is 0. The van der Waals surface area contributed by atoms with Crippen molar-refractivity contribution in [1.29, 1.82) is 0 Å². The van der Waals surface area contributed by atoms with E-state index >= 15 is 0 Å². The van der Waals surface area contributed by atoms with E-state index in [2.05, 4.69) is 10.6 Å². The summed E-state index contributed by atoms with van der Waals surface area (Å²) in [4.78, 5) is 26.6. The van der Waals surface area contributed by atoms with Gasteiger partial charge in [0, 0.05) is 22.5 Å². The molecule has 28 heavy (non-hydrogen) atoms. The standard InChI is InChI=1S/C24H20N2O2/c1-3-15(2)25-19-13-14-20(26-16-9-5-4-6-10-16)22-21(19)23(27)17-11-7-8-12-18(17)24(22)28/h3-14,25-26H,1-2H3/b15-3+. The van der Waals surface area contributed by atoms with Gasteiger partial charge in [-0.15, -0.1) is 0 Å². The predicted molar refractivity (Wildman–Crippen MR) is 113 cm³/mol. The van der Waals surface area contributed by atoms with Crippen LogP contribution in [0.1, 0.15) is 45.7 Å². The van der Waals surface area contributed by atoms with E-state index in [-0.39, 0.29) is 11.6 Å². The van der Waals surface area contributed by atoms with Crippen molar-refractivity contribution in [3.63, 3.8) is 0 Å². The number of anilines is 3. The predicted octanol–water partition coefficient (Wildman–Crippen LogP) is 5.54. The summed E-state index contributed by atoms with van der Waals surface area (Å²) in [6, 6.07) is 20.3. The van der Waals surface area contributed by atoms with Gasteiger partial charge in [-0.3, -0.25) is 9.59 Å². The van der Waals surface area contributed by atoms with E-state index in [1.165, 1.54) is 0 Å². The molecular formula is C24H20N2O2. The van der Waals surface area contributed by atoms with Gasteiger partial charge in [-0.25, -0.2) is 0 Å². The lowest BCUT2D eigenvalue weighted by atomic mass is 9.82. The van der Waals surface area contributed by atoms with Gasteiger partial charge in [-0.1, -0.05) is 48.5 Å². The van der Waals surface area contributed by atoms with Gasteiger partial charge in [0.2, 0.25) is 0 Å². The van der Waals surface area contributed by atoms with Crippen LogP contribution in [0.2, 0.25) is 0 Å². The minimum Gasteiger partial charge on any atom is -0.359 e. The van der Waals surface area contributed by atoms with Crippen LogP contribution in [0.4, 0.5) is 17.1 Å². The van der Waals surface area contributed by atoms with Crippen LogP contribution in [0.25, 0.3) is 0 Å². The van der Waals surface area contributed by atoms with Gasteiger partial charge in [0.1, 0.15) is 0 Å². The maximum atomic E-state index is 13.3. The highest BCUT2D eigenvalue weighted by Gasteiger charge is 2.33. The van der Waals surface area contributed by atoms with Crippen molar-refractivity contribution >= 4 is 28.6 Å². The zero-order chi connectivity index (χ0) is 19.7. The SMILES string of the molecule is C/C=C(\C)Nc1ccc(Nc2ccccc2)c2c1C(=O)c1ccccc1C2=O. The Hall–Kier alpha value is -3.66. The molecule has 0 unspecified atom stereocenters. The molecule has 1 aliphatic carbocycles. The molecule has 3 aromatic rings. The summed E-state index contributed by atoms with van der Waals surface area (Å²) in [5.74, 6) is -0.293. The molecule has 138 valence electrons. The summed E-state index contributed by atoms with van der Waals surface area (Å²) < 4.78 is 0. The average molecular weight is 368 g/mol. The number of hydrogen-bond donors (Lipinski definition) is 2. The van der Waals surface area contributed by atoms with E-state index in [4.69, 9.17) is 0 Å². The fourth-order valence-corrected chi connectivity index (χ4v) is 3.39. The molecule has 0 aliphatic heterocycles. The highest BCUT2D eigenvalue weighted by atomic mass is 16.1. The first-order valence-electron chi connectivity index (χ1n) is 9.17. The third-order valence-corrected chi connectivity index (χ3v) is 4.89. The molecular weight excluding hydrogens is 348 g/mol. The van der Waals surface area contributed by atoms with Crippen LogP contribution in [0.15, 0.2) is 78.5 Å². The minimum absolute atomic E-state index is 0.145. The molecule has 4 heteroatoms. The molecule has 0 heterocycles. The van der Waals surface area contributed by atoms with Crippen molar-refractivity contribution in [2.24, 2.45) is 0 Å². The molecule has 0 bridgehead atoms. The van der Waals surface area contributed by atoms with Gasteiger partial charge in [-0.2, -0.15) is 0 Å². The second-order valence-corrected chi connectivity index (χ2v) is 6.70. The van der Waals surface area contributed by atoms with Gasteiger partial charge in [0.05, 0.1) is 22.5 Å². The van der Waals surface area contributed by atoms with Crippen LogP contribution in [-0.4, -0.2) is 11.6 Å². The van der Waals surface area contributed by atoms with Crippen molar-refractivity contribution in [2.45, 2.75) is 13.8 Å². The normalized spacial score (nSPS) is 13.0.